The molecule has 0 bridgehead atoms. The molecule has 0 saturated heterocycles. The molecule has 0 heterocycles. The number of carboxylic acid groups (broad SMARTS) is 1. The van der Waals surface area contributed by atoms with Gasteiger partial charge in [-0.05, 0) is 6.92 Å². The molecule has 0 aliphatic heterocycles. The van der Waals surface area contributed by atoms with Crippen LogP contribution in [0, 0.1) is 5.41 Å². The number of aliphatic imine (C=N–C) groups is 1. The quantitative estimate of drug-likeness (QED) is 0.313. The van der Waals surface area contributed by atoms with E-state index in [1.807, 2.05) is 0 Å². The van der Waals surface area contributed by atoms with Crippen LogP contribution < -0.4 is 0 Å². The second-order valence-electron chi connectivity index (χ2n) is 1.71. The molecule has 5 heteroatoms. The summed E-state index contributed by atoms with van der Waals surface area (Å²) in [5.74, 6) is -1.44. The van der Waals surface area contributed by atoms with Crippen LogP contribution in [0.2, 0.25) is 0 Å². The number of hydrogen-bond acceptors (Lipinski definition) is 2. The van der Waals surface area contributed by atoms with E-state index in [0.717, 1.165) is 0 Å². The third-order valence-electron chi connectivity index (χ3n) is 0.621. The molecule has 5 nitrogen and oxygen atoms in total. The van der Waals surface area contributed by atoms with Gasteiger partial charge in [0.05, 0.1) is 0 Å². The maximum atomic E-state index is 9.92. The first-order valence-electron chi connectivity index (χ1n) is 2.58. The molecule has 56 valence electrons. The van der Waals surface area contributed by atoms with Crippen LogP contribution in [0.15, 0.2) is 4.99 Å². The van der Waals surface area contributed by atoms with Crippen molar-refractivity contribution in [1.82, 2.24) is 0 Å². The highest BCUT2D eigenvalue weighted by atomic mass is 16.4. The predicted octanol–water partition coefficient (Wildman–Crippen LogP) is -0.419. The van der Waals surface area contributed by atoms with Crippen LogP contribution in [0.4, 0.5) is 0 Å². The summed E-state index contributed by atoms with van der Waals surface area (Å²) in [5.41, 5.74) is 0. The lowest BCUT2D eigenvalue weighted by Crippen LogP contribution is -2.06. The normalized spacial score (nSPS) is 11.1. The van der Waals surface area contributed by atoms with Gasteiger partial charge in [0.15, 0.2) is 6.42 Å². The highest BCUT2D eigenvalue weighted by Gasteiger charge is 2.07. The molecule has 0 saturated carbocycles. The Bertz CT molecular complexity index is 185. The van der Waals surface area contributed by atoms with E-state index in [-0.39, 0.29) is 11.7 Å². The number of nitrogens with zero attached hydrogens (tertiary/aromatic N) is 1. The number of aliphatic carboxylic acids is 1. The van der Waals surface area contributed by atoms with E-state index < -0.39 is 12.4 Å². The van der Waals surface area contributed by atoms with Gasteiger partial charge in [-0.25, -0.2) is 0 Å². The minimum atomic E-state index is -1.10. The minimum Gasteiger partial charge on any atom is -0.582 e. The number of rotatable bonds is 2. The average molecular weight is 145 g/mol. The summed E-state index contributed by atoms with van der Waals surface area (Å²) >= 11 is 0. The summed E-state index contributed by atoms with van der Waals surface area (Å²) in [6.45, 7) is 1.39. The Morgan fingerprint density at radius 1 is 1.80 bits per heavy atom. The van der Waals surface area contributed by atoms with Gasteiger partial charge >= 0.3 is 11.9 Å². The summed E-state index contributed by atoms with van der Waals surface area (Å²) in [6.07, 6.45) is -0.420. The Morgan fingerprint density at radius 3 is 2.60 bits per heavy atom. The van der Waals surface area contributed by atoms with Crippen molar-refractivity contribution >= 4 is 17.7 Å². The van der Waals surface area contributed by atoms with E-state index in [1.54, 1.807) is 0 Å². The maximum Gasteiger partial charge on any atom is 0.343 e. The van der Waals surface area contributed by atoms with Crippen molar-refractivity contribution in [2.24, 2.45) is 4.99 Å². The standard InChI is InChI=1S/C5H8N2O3/c1-3(6)7-4(8)2-5(9)10/h2H2,1H3,(H,9,10)(H2,6,7,8)/p+1. The van der Waals surface area contributed by atoms with Crippen LogP contribution in [0.25, 0.3) is 0 Å². The van der Waals surface area contributed by atoms with Crippen molar-refractivity contribution in [2.75, 3.05) is 0 Å². The topological polar surface area (TPSA) is 96.4 Å². The second kappa shape index (κ2) is 3.60. The molecule has 0 rings (SSSR count). The number of carbonyl (C=O) groups is 1. The summed E-state index contributed by atoms with van der Waals surface area (Å²) < 4.78 is 0. The third-order valence-corrected chi connectivity index (χ3v) is 0.621. The van der Waals surface area contributed by atoms with Crippen LogP contribution in [0.1, 0.15) is 13.3 Å². The lowest BCUT2D eigenvalue weighted by molar-refractivity contribution is -0.135. The molecule has 0 aliphatic rings. The highest BCUT2D eigenvalue weighted by molar-refractivity contribution is 5.98. The van der Waals surface area contributed by atoms with E-state index in [1.165, 1.54) is 6.92 Å². The highest BCUT2D eigenvalue weighted by Crippen LogP contribution is 1.84. The smallest absolute Gasteiger partial charge is 0.343 e. The summed E-state index contributed by atoms with van der Waals surface area (Å²) in [7, 11) is 0. The number of nitrogens with one attached hydrogen (secondary N) is 1. The number of hydrogen-bond donors (Lipinski definition) is 2. The van der Waals surface area contributed by atoms with E-state index in [2.05, 4.69) is 4.99 Å². The molecule has 0 amide bonds. The monoisotopic (exact) mass is 145 g/mol. The van der Waals surface area contributed by atoms with Crippen LogP contribution in [0.3, 0.4) is 0 Å². The molecule has 0 aromatic carbocycles. The predicted molar refractivity (Wildman–Crippen MR) is 36.7 cm³/mol. The van der Waals surface area contributed by atoms with Crippen LogP contribution in [-0.4, -0.2) is 27.9 Å². The Kier molecular flexibility index (Phi) is 3.10. The zero-order valence-electron chi connectivity index (χ0n) is 5.51. The molecular weight excluding hydrogens is 136 g/mol. The molecule has 0 atom stereocenters. The van der Waals surface area contributed by atoms with Crippen molar-refractivity contribution in [2.45, 2.75) is 13.3 Å². The van der Waals surface area contributed by atoms with E-state index in [0.29, 0.717) is 0 Å². The van der Waals surface area contributed by atoms with Gasteiger partial charge in [0.1, 0.15) is 5.84 Å². The average Bonchev–Trinajstić information content (AvgIpc) is 1.58. The van der Waals surface area contributed by atoms with Gasteiger partial charge in [-0.3, -0.25) is 10.2 Å². The Labute approximate surface area is 57.5 Å². The Hall–Kier alpha value is -1.39. The van der Waals surface area contributed by atoms with Gasteiger partial charge in [0.2, 0.25) is 0 Å². The lowest BCUT2D eigenvalue weighted by Gasteiger charge is -1.87. The van der Waals surface area contributed by atoms with Gasteiger partial charge in [-0.15, -0.1) is 0 Å². The zero-order valence-corrected chi connectivity index (χ0v) is 5.51. The first-order chi connectivity index (χ1) is 4.52. The van der Waals surface area contributed by atoms with Crippen molar-refractivity contribution in [3.63, 3.8) is 0 Å². The fourth-order valence-electron chi connectivity index (χ4n) is 0.385. The summed E-state index contributed by atoms with van der Waals surface area (Å²) in [6, 6.07) is 0. The van der Waals surface area contributed by atoms with Gasteiger partial charge in [-0.2, -0.15) is 4.99 Å². The van der Waals surface area contributed by atoms with Gasteiger partial charge in [0, 0.05) is 0 Å². The van der Waals surface area contributed by atoms with Crippen molar-refractivity contribution in [3.8, 4) is 0 Å². The largest absolute Gasteiger partial charge is 0.582 e. The van der Waals surface area contributed by atoms with Crippen molar-refractivity contribution in [1.29, 1.82) is 5.41 Å². The maximum absolute atomic E-state index is 9.92. The summed E-state index contributed by atoms with van der Waals surface area (Å²) in [5, 5.41) is 21.8. The SMILES string of the molecule is CC(=N)N=C([OH2+])CC(=O)O. The number of amidine groups is 1. The van der Waals surface area contributed by atoms with Gasteiger partial charge < -0.3 is 10.2 Å². The molecule has 10 heavy (non-hydrogen) atoms. The van der Waals surface area contributed by atoms with E-state index in [4.69, 9.17) is 15.6 Å². The molecule has 4 N–H and O–H groups in total. The lowest BCUT2D eigenvalue weighted by atomic mass is 10.4. The van der Waals surface area contributed by atoms with E-state index >= 15 is 0 Å². The zero-order chi connectivity index (χ0) is 8.15. The first-order valence-corrected chi connectivity index (χ1v) is 2.58. The Balaban J connectivity index is 3.95. The van der Waals surface area contributed by atoms with Crippen molar-refractivity contribution in [3.05, 3.63) is 0 Å². The van der Waals surface area contributed by atoms with Gasteiger partial charge in [0.25, 0.3) is 0 Å². The fraction of sp³-hybridized carbons (Fsp3) is 0.400. The molecule has 0 aliphatic carbocycles. The second-order valence-corrected chi connectivity index (χ2v) is 1.71. The van der Waals surface area contributed by atoms with Gasteiger partial charge in [-0.1, -0.05) is 0 Å². The fourth-order valence-corrected chi connectivity index (χ4v) is 0.385. The van der Waals surface area contributed by atoms with E-state index in [9.17, 15) is 4.79 Å². The molecule has 0 spiro atoms. The minimum absolute atomic E-state index is 0.0498. The van der Waals surface area contributed by atoms with Crippen LogP contribution in [-0.2, 0) is 4.79 Å². The van der Waals surface area contributed by atoms with Crippen LogP contribution >= 0.6 is 0 Å². The molecule has 0 unspecified atom stereocenters. The Morgan fingerprint density at radius 2 is 2.30 bits per heavy atom. The molecule has 0 fully saturated rings. The van der Waals surface area contributed by atoms with Crippen molar-refractivity contribution < 1.29 is 15.0 Å². The molecule has 0 radical (unpaired) electrons. The summed E-state index contributed by atoms with van der Waals surface area (Å²) in [4.78, 5) is 13.2. The molecule has 0 aromatic rings. The molecular formula is C5H9N2O3+. The molecule has 0 aromatic heterocycles. The van der Waals surface area contributed by atoms with Crippen LogP contribution in [0.5, 0.6) is 0 Å². The first kappa shape index (κ1) is 8.61. The third kappa shape index (κ3) is 4.76. The number of carboxylic acids is 1.